The molecule has 0 aliphatic heterocycles. The van der Waals surface area contributed by atoms with Crippen LogP contribution in [0.1, 0.15) is 18.4 Å². The van der Waals surface area contributed by atoms with E-state index in [1.165, 1.54) is 0 Å². The Hall–Kier alpha value is -2.69. The Labute approximate surface area is 114 Å². The lowest BCUT2D eigenvalue weighted by Gasteiger charge is -2.04. The van der Waals surface area contributed by atoms with Crippen LogP contribution in [0.15, 0.2) is 47.1 Å². The molecule has 0 saturated carbocycles. The molecular weight excluding hydrogens is 256 g/mol. The van der Waals surface area contributed by atoms with Gasteiger partial charge in [-0.15, -0.1) is 0 Å². The highest BCUT2D eigenvalue weighted by molar-refractivity contribution is 5.81. The minimum absolute atomic E-state index is 0.480. The van der Waals surface area contributed by atoms with Crippen molar-refractivity contribution >= 4 is 17.1 Å². The van der Waals surface area contributed by atoms with E-state index in [0.29, 0.717) is 22.6 Å². The Morgan fingerprint density at radius 1 is 1.35 bits per heavy atom. The van der Waals surface area contributed by atoms with Gasteiger partial charge >= 0.3 is 5.97 Å². The van der Waals surface area contributed by atoms with E-state index in [2.05, 4.69) is 9.97 Å². The van der Waals surface area contributed by atoms with Gasteiger partial charge in [-0.25, -0.2) is 4.98 Å². The normalized spacial score (nSPS) is 12.4. The first-order valence-electron chi connectivity index (χ1n) is 6.19. The highest BCUT2D eigenvalue weighted by atomic mass is 16.4. The molecule has 3 aromatic rings. The first-order chi connectivity index (χ1) is 9.65. The number of nitrogens with zero attached hydrogens (tertiary/aromatic N) is 2. The number of fused-ring (bicyclic) bond motifs is 1. The van der Waals surface area contributed by atoms with E-state index in [0.717, 1.165) is 5.56 Å². The maximum Gasteiger partial charge on any atom is 0.310 e. The number of hydrogen-bond donors (Lipinski definition) is 1. The molecule has 0 saturated heterocycles. The third-order valence-electron chi connectivity index (χ3n) is 3.19. The van der Waals surface area contributed by atoms with Crippen molar-refractivity contribution in [3.05, 3.63) is 48.3 Å². The molecule has 0 fully saturated rings. The zero-order valence-electron chi connectivity index (χ0n) is 10.8. The maximum absolute atomic E-state index is 11.0. The molecule has 0 bridgehead atoms. The quantitative estimate of drug-likeness (QED) is 0.790. The second kappa shape index (κ2) is 4.77. The van der Waals surface area contributed by atoms with E-state index < -0.39 is 11.9 Å². The standard InChI is InChI=1S/C15H12N2O3/c1-9(15(18)19)10-4-5-13-12(7-10)17-14(20-13)11-3-2-6-16-8-11/h2-9H,1H3,(H,18,19)/t9-/m0/s1. The Bertz CT molecular complexity index is 765. The summed E-state index contributed by atoms with van der Waals surface area (Å²) in [7, 11) is 0. The van der Waals surface area contributed by atoms with Crippen molar-refractivity contribution in [3.63, 3.8) is 0 Å². The summed E-state index contributed by atoms with van der Waals surface area (Å²) < 4.78 is 5.65. The summed E-state index contributed by atoms with van der Waals surface area (Å²) in [5.41, 5.74) is 2.77. The molecule has 1 atom stereocenters. The highest BCUT2D eigenvalue weighted by Gasteiger charge is 2.16. The van der Waals surface area contributed by atoms with Gasteiger partial charge in [0.15, 0.2) is 5.58 Å². The molecular formula is C15H12N2O3. The van der Waals surface area contributed by atoms with Crippen LogP contribution in [-0.4, -0.2) is 21.0 Å². The molecule has 1 N–H and O–H groups in total. The summed E-state index contributed by atoms with van der Waals surface area (Å²) >= 11 is 0. The number of aliphatic carboxylic acids is 1. The van der Waals surface area contributed by atoms with Gasteiger partial charge in [0.25, 0.3) is 0 Å². The van der Waals surface area contributed by atoms with E-state index in [1.54, 1.807) is 37.5 Å². The van der Waals surface area contributed by atoms with Crippen molar-refractivity contribution < 1.29 is 14.3 Å². The number of carbonyl (C=O) groups is 1. The molecule has 0 unspecified atom stereocenters. The summed E-state index contributed by atoms with van der Waals surface area (Å²) in [5, 5.41) is 9.04. The van der Waals surface area contributed by atoms with Crippen molar-refractivity contribution in [1.82, 2.24) is 9.97 Å². The number of hydrogen-bond acceptors (Lipinski definition) is 4. The number of pyridine rings is 1. The lowest BCUT2D eigenvalue weighted by molar-refractivity contribution is -0.138. The van der Waals surface area contributed by atoms with Crippen molar-refractivity contribution in [3.8, 4) is 11.5 Å². The molecule has 0 aliphatic carbocycles. The second-order valence-electron chi connectivity index (χ2n) is 4.55. The molecule has 2 heterocycles. The molecule has 2 aromatic heterocycles. The average molecular weight is 268 g/mol. The van der Waals surface area contributed by atoms with Crippen LogP contribution in [0.25, 0.3) is 22.6 Å². The second-order valence-corrected chi connectivity index (χ2v) is 4.55. The largest absolute Gasteiger partial charge is 0.481 e. The fourth-order valence-electron chi connectivity index (χ4n) is 1.97. The van der Waals surface area contributed by atoms with Gasteiger partial charge in [0.2, 0.25) is 5.89 Å². The first kappa shape index (κ1) is 12.3. The van der Waals surface area contributed by atoms with Crippen molar-refractivity contribution in [2.24, 2.45) is 0 Å². The lowest BCUT2D eigenvalue weighted by Crippen LogP contribution is -2.06. The number of carboxylic acid groups (broad SMARTS) is 1. The van der Waals surface area contributed by atoms with Gasteiger partial charge in [-0.3, -0.25) is 9.78 Å². The molecule has 0 spiro atoms. The number of benzene rings is 1. The number of rotatable bonds is 3. The van der Waals surface area contributed by atoms with Crippen LogP contribution < -0.4 is 0 Å². The summed E-state index contributed by atoms with van der Waals surface area (Å²) in [5.74, 6) is -0.952. The van der Waals surface area contributed by atoms with Gasteiger partial charge in [0, 0.05) is 12.4 Å². The molecule has 0 amide bonds. The monoisotopic (exact) mass is 268 g/mol. The van der Waals surface area contributed by atoms with E-state index in [-0.39, 0.29) is 0 Å². The van der Waals surface area contributed by atoms with Gasteiger partial charge in [0.05, 0.1) is 11.5 Å². The van der Waals surface area contributed by atoms with Crippen LogP contribution in [0.5, 0.6) is 0 Å². The van der Waals surface area contributed by atoms with Crippen LogP contribution in [0.3, 0.4) is 0 Å². The molecule has 5 nitrogen and oxygen atoms in total. The van der Waals surface area contributed by atoms with E-state index in [9.17, 15) is 4.79 Å². The van der Waals surface area contributed by atoms with Crippen molar-refractivity contribution in [1.29, 1.82) is 0 Å². The third kappa shape index (κ3) is 2.14. The van der Waals surface area contributed by atoms with Gasteiger partial charge < -0.3 is 9.52 Å². The van der Waals surface area contributed by atoms with Crippen LogP contribution >= 0.6 is 0 Å². The van der Waals surface area contributed by atoms with E-state index >= 15 is 0 Å². The molecule has 100 valence electrons. The summed E-state index contributed by atoms with van der Waals surface area (Å²) in [4.78, 5) is 19.4. The predicted octanol–water partition coefficient (Wildman–Crippen LogP) is 3.08. The van der Waals surface area contributed by atoms with Crippen LogP contribution in [-0.2, 0) is 4.79 Å². The molecule has 5 heteroatoms. The summed E-state index contributed by atoms with van der Waals surface area (Å²) in [6.07, 6.45) is 3.35. The zero-order chi connectivity index (χ0) is 14.1. The fraction of sp³-hybridized carbons (Fsp3) is 0.133. The first-order valence-corrected chi connectivity index (χ1v) is 6.19. The van der Waals surface area contributed by atoms with Crippen LogP contribution in [0.2, 0.25) is 0 Å². The zero-order valence-corrected chi connectivity index (χ0v) is 10.8. The Morgan fingerprint density at radius 3 is 2.90 bits per heavy atom. The summed E-state index contributed by atoms with van der Waals surface area (Å²) in [6, 6.07) is 8.91. The average Bonchev–Trinajstić information content (AvgIpc) is 2.90. The lowest BCUT2D eigenvalue weighted by atomic mass is 10.0. The van der Waals surface area contributed by atoms with Crippen LogP contribution in [0.4, 0.5) is 0 Å². The Balaban J connectivity index is 2.06. The van der Waals surface area contributed by atoms with Gasteiger partial charge in [-0.1, -0.05) is 6.07 Å². The smallest absolute Gasteiger partial charge is 0.310 e. The number of oxazole rings is 1. The Kier molecular flexibility index (Phi) is 2.95. The Morgan fingerprint density at radius 2 is 2.20 bits per heavy atom. The number of aromatic nitrogens is 2. The van der Waals surface area contributed by atoms with Gasteiger partial charge in [-0.05, 0) is 36.8 Å². The van der Waals surface area contributed by atoms with Gasteiger partial charge in [-0.2, -0.15) is 0 Å². The van der Waals surface area contributed by atoms with Crippen molar-refractivity contribution in [2.45, 2.75) is 12.8 Å². The van der Waals surface area contributed by atoms with Crippen molar-refractivity contribution in [2.75, 3.05) is 0 Å². The maximum atomic E-state index is 11.0. The van der Waals surface area contributed by atoms with E-state index in [4.69, 9.17) is 9.52 Å². The molecule has 3 rings (SSSR count). The minimum atomic E-state index is -0.861. The molecule has 1 aromatic carbocycles. The van der Waals surface area contributed by atoms with E-state index in [1.807, 2.05) is 12.1 Å². The minimum Gasteiger partial charge on any atom is -0.481 e. The van der Waals surface area contributed by atoms with Crippen LogP contribution in [0, 0.1) is 0 Å². The topological polar surface area (TPSA) is 76.2 Å². The number of carboxylic acids is 1. The molecule has 20 heavy (non-hydrogen) atoms. The SMILES string of the molecule is C[C@H](C(=O)O)c1ccc2oc(-c3cccnc3)nc2c1. The molecule has 0 radical (unpaired) electrons. The predicted molar refractivity (Wildman–Crippen MR) is 73.3 cm³/mol. The van der Waals surface area contributed by atoms with Gasteiger partial charge in [0.1, 0.15) is 5.52 Å². The third-order valence-corrected chi connectivity index (χ3v) is 3.19. The highest BCUT2D eigenvalue weighted by Crippen LogP contribution is 2.26. The fourth-order valence-corrected chi connectivity index (χ4v) is 1.97. The molecule has 0 aliphatic rings. The summed E-state index contributed by atoms with van der Waals surface area (Å²) in [6.45, 7) is 1.64.